The molecule has 3 N–H and O–H groups in total. The fourth-order valence-electron chi connectivity index (χ4n) is 3.26. The largest absolute Gasteiger partial charge is 0.504 e. The second-order valence-electron chi connectivity index (χ2n) is 6.69. The number of nitrogens with one attached hydrogen (secondary N) is 2. The number of rotatable bonds is 6. The Hall–Kier alpha value is -3.51. The number of nitrogens with zero attached hydrogens (tertiary/aromatic N) is 2. The highest BCUT2D eigenvalue weighted by atomic mass is 35.5. The third-order valence-corrected chi connectivity index (χ3v) is 5.08. The van der Waals surface area contributed by atoms with E-state index in [0.717, 1.165) is 39.9 Å². The van der Waals surface area contributed by atoms with Crippen molar-refractivity contribution in [3.63, 3.8) is 0 Å². The molecule has 3 aromatic carbocycles. The van der Waals surface area contributed by atoms with Gasteiger partial charge in [-0.05, 0) is 60.5 Å². The minimum Gasteiger partial charge on any atom is -0.504 e. The summed E-state index contributed by atoms with van der Waals surface area (Å²) in [4.78, 5) is 8.81. The van der Waals surface area contributed by atoms with E-state index in [2.05, 4.69) is 20.6 Å². The maximum absolute atomic E-state index is 9.88. The molecule has 1 aromatic heterocycles. The Morgan fingerprint density at radius 2 is 1.80 bits per heavy atom. The Labute approximate surface area is 179 Å². The Morgan fingerprint density at radius 1 is 1.00 bits per heavy atom. The van der Waals surface area contributed by atoms with Crippen LogP contribution in [0.3, 0.4) is 0 Å². The fourth-order valence-corrected chi connectivity index (χ4v) is 3.42. The van der Waals surface area contributed by atoms with Gasteiger partial charge in [-0.25, -0.2) is 9.97 Å². The lowest BCUT2D eigenvalue weighted by Crippen LogP contribution is -2.00. The summed E-state index contributed by atoms with van der Waals surface area (Å²) in [6.45, 7) is 2.86. The SMILES string of the molecule is CCNc1ccc(Cl)c(Nc2ncnc3ccc(-c4ccc(O)c(OC)c4)cc23)c1. The van der Waals surface area contributed by atoms with Crippen molar-refractivity contribution in [2.75, 3.05) is 24.3 Å². The first kappa shape index (κ1) is 19.8. The number of hydrogen-bond donors (Lipinski definition) is 3. The first-order chi connectivity index (χ1) is 14.6. The topological polar surface area (TPSA) is 79.3 Å². The van der Waals surface area contributed by atoms with Crippen LogP contribution >= 0.6 is 11.6 Å². The molecule has 0 saturated carbocycles. The van der Waals surface area contributed by atoms with E-state index >= 15 is 0 Å². The van der Waals surface area contributed by atoms with Gasteiger partial charge in [0.05, 0.1) is 23.3 Å². The molecule has 0 aliphatic heterocycles. The summed E-state index contributed by atoms with van der Waals surface area (Å²) in [5.74, 6) is 1.17. The lowest BCUT2D eigenvalue weighted by molar-refractivity contribution is 0.373. The highest BCUT2D eigenvalue weighted by Gasteiger charge is 2.10. The van der Waals surface area contributed by atoms with Crippen LogP contribution in [0, 0.1) is 0 Å². The van der Waals surface area contributed by atoms with Crippen LogP contribution < -0.4 is 15.4 Å². The van der Waals surface area contributed by atoms with Crippen molar-refractivity contribution in [2.45, 2.75) is 6.92 Å². The third-order valence-electron chi connectivity index (χ3n) is 4.75. The average Bonchev–Trinajstić information content (AvgIpc) is 2.76. The number of benzene rings is 3. The molecule has 0 amide bonds. The number of hydrogen-bond acceptors (Lipinski definition) is 6. The number of ether oxygens (including phenoxy) is 1. The molecular formula is C23H21ClN4O2. The third kappa shape index (κ3) is 3.95. The normalized spacial score (nSPS) is 10.8. The summed E-state index contributed by atoms with van der Waals surface area (Å²) in [6.07, 6.45) is 1.52. The van der Waals surface area contributed by atoms with Crippen LogP contribution in [-0.2, 0) is 0 Å². The van der Waals surface area contributed by atoms with E-state index in [1.54, 1.807) is 12.1 Å². The zero-order valence-corrected chi connectivity index (χ0v) is 17.4. The van der Waals surface area contributed by atoms with Gasteiger partial charge in [0.15, 0.2) is 11.5 Å². The van der Waals surface area contributed by atoms with Gasteiger partial charge in [0.1, 0.15) is 12.1 Å². The number of aromatic nitrogens is 2. The van der Waals surface area contributed by atoms with E-state index in [1.807, 2.05) is 49.4 Å². The first-order valence-electron chi connectivity index (χ1n) is 9.51. The van der Waals surface area contributed by atoms with E-state index in [4.69, 9.17) is 16.3 Å². The maximum Gasteiger partial charge on any atom is 0.161 e. The first-order valence-corrected chi connectivity index (χ1v) is 9.89. The molecule has 0 atom stereocenters. The molecule has 4 aromatic rings. The molecule has 30 heavy (non-hydrogen) atoms. The molecule has 0 saturated heterocycles. The maximum atomic E-state index is 9.88. The lowest BCUT2D eigenvalue weighted by atomic mass is 10.0. The van der Waals surface area contributed by atoms with Crippen molar-refractivity contribution in [3.8, 4) is 22.6 Å². The number of fused-ring (bicyclic) bond motifs is 1. The summed E-state index contributed by atoms with van der Waals surface area (Å²) in [5.41, 5.74) is 4.40. The van der Waals surface area contributed by atoms with Crippen molar-refractivity contribution in [2.24, 2.45) is 0 Å². The Morgan fingerprint density at radius 3 is 2.60 bits per heavy atom. The van der Waals surface area contributed by atoms with E-state index < -0.39 is 0 Å². The molecule has 0 unspecified atom stereocenters. The van der Waals surface area contributed by atoms with E-state index in [9.17, 15) is 5.11 Å². The molecule has 0 aliphatic rings. The molecule has 6 nitrogen and oxygen atoms in total. The summed E-state index contributed by atoms with van der Waals surface area (Å²) < 4.78 is 5.23. The van der Waals surface area contributed by atoms with E-state index in [-0.39, 0.29) is 5.75 Å². The standard InChI is InChI=1S/C23H21ClN4O2/c1-3-25-16-6-7-18(24)20(12-16)28-23-17-10-14(4-8-19(17)26-13-27-23)15-5-9-21(29)22(11-15)30-2/h4-13,25,29H,3H2,1-2H3,(H,26,27,28). The predicted molar refractivity (Wildman–Crippen MR) is 122 cm³/mol. The zero-order chi connectivity index (χ0) is 21.1. The number of aromatic hydroxyl groups is 1. The second-order valence-corrected chi connectivity index (χ2v) is 7.10. The van der Waals surface area contributed by atoms with Crippen molar-refractivity contribution in [1.82, 2.24) is 9.97 Å². The molecule has 1 heterocycles. The molecule has 0 fully saturated rings. The van der Waals surface area contributed by atoms with Gasteiger partial charge in [0, 0.05) is 17.6 Å². The average molecular weight is 421 g/mol. The van der Waals surface area contributed by atoms with Crippen LogP contribution in [-0.4, -0.2) is 28.7 Å². The van der Waals surface area contributed by atoms with Gasteiger partial charge in [-0.3, -0.25) is 0 Å². The van der Waals surface area contributed by atoms with E-state index in [1.165, 1.54) is 13.4 Å². The second kappa shape index (κ2) is 8.47. The number of phenolic OH excluding ortho intramolecular Hbond substituents is 1. The minimum absolute atomic E-state index is 0.0999. The predicted octanol–water partition coefficient (Wildman–Crippen LogP) is 5.84. The molecule has 7 heteroatoms. The number of halogens is 1. The minimum atomic E-state index is 0.0999. The molecule has 4 rings (SSSR count). The van der Waals surface area contributed by atoms with Crippen molar-refractivity contribution in [1.29, 1.82) is 0 Å². The Balaban J connectivity index is 1.77. The summed E-state index contributed by atoms with van der Waals surface area (Å²) in [5, 5.41) is 17.9. The molecular weight excluding hydrogens is 400 g/mol. The van der Waals surface area contributed by atoms with Crippen LogP contribution in [0.2, 0.25) is 5.02 Å². The van der Waals surface area contributed by atoms with E-state index in [0.29, 0.717) is 16.6 Å². The zero-order valence-electron chi connectivity index (χ0n) is 16.6. The quantitative estimate of drug-likeness (QED) is 0.363. The van der Waals surface area contributed by atoms with Gasteiger partial charge >= 0.3 is 0 Å². The highest BCUT2D eigenvalue weighted by Crippen LogP contribution is 2.35. The van der Waals surface area contributed by atoms with Gasteiger partial charge < -0.3 is 20.5 Å². The monoisotopic (exact) mass is 420 g/mol. The van der Waals surface area contributed by atoms with Crippen molar-refractivity contribution >= 4 is 39.7 Å². The van der Waals surface area contributed by atoms with Crippen molar-refractivity contribution in [3.05, 3.63) is 65.9 Å². The fraction of sp³-hybridized carbons (Fsp3) is 0.130. The molecule has 0 aliphatic carbocycles. The molecule has 152 valence electrons. The number of anilines is 3. The smallest absolute Gasteiger partial charge is 0.161 e. The van der Waals surface area contributed by atoms with Gasteiger partial charge in [-0.2, -0.15) is 0 Å². The molecule has 0 bridgehead atoms. The number of phenols is 1. The Kier molecular flexibility index (Phi) is 5.59. The summed E-state index contributed by atoms with van der Waals surface area (Å²) >= 11 is 6.40. The van der Waals surface area contributed by atoms with Gasteiger partial charge in [-0.15, -0.1) is 0 Å². The Bertz CT molecular complexity index is 1210. The van der Waals surface area contributed by atoms with Crippen LogP contribution in [0.15, 0.2) is 60.9 Å². The van der Waals surface area contributed by atoms with Crippen LogP contribution in [0.4, 0.5) is 17.2 Å². The van der Waals surface area contributed by atoms with Gasteiger partial charge in [-0.1, -0.05) is 23.7 Å². The summed E-state index contributed by atoms with van der Waals surface area (Å²) in [6, 6.07) is 16.9. The van der Waals surface area contributed by atoms with Gasteiger partial charge in [0.2, 0.25) is 0 Å². The summed E-state index contributed by atoms with van der Waals surface area (Å²) in [7, 11) is 1.53. The lowest BCUT2D eigenvalue weighted by Gasteiger charge is -2.13. The van der Waals surface area contributed by atoms with Gasteiger partial charge in [0.25, 0.3) is 0 Å². The van der Waals surface area contributed by atoms with Crippen molar-refractivity contribution < 1.29 is 9.84 Å². The van der Waals surface area contributed by atoms with Crippen LogP contribution in [0.5, 0.6) is 11.5 Å². The molecule has 0 radical (unpaired) electrons. The van der Waals surface area contributed by atoms with Crippen LogP contribution in [0.1, 0.15) is 6.92 Å². The highest BCUT2D eigenvalue weighted by molar-refractivity contribution is 6.33. The molecule has 0 spiro atoms. The number of methoxy groups -OCH3 is 1. The van der Waals surface area contributed by atoms with Crippen LogP contribution in [0.25, 0.3) is 22.0 Å².